The molecule has 1 aromatic rings. The highest BCUT2D eigenvalue weighted by Crippen LogP contribution is 2.40. The number of carbonyl (C=O) groups excluding carboxylic acids is 1. The molecular formula is C26H38N2O3. The molecule has 4 rings (SSSR count). The highest BCUT2D eigenvalue weighted by molar-refractivity contribution is 5.93. The number of hydrogen-bond acceptors (Lipinski definition) is 3. The summed E-state index contributed by atoms with van der Waals surface area (Å²) in [6.45, 7) is 0.514. The Hall–Kier alpha value is -1.88. The molecule has 0 aromatic heterocycles. The maximum absolute atomic E-state index is 13.0. The third-order valence-electron chi connectivity index (χ3n) is 7.76. The van der Waals surface area contributed by atoms with E-state index in [0.29, 0.717) is 24.7 Å². The third kappa shape index (κ3) is 5.68. The van der Waals surface area contributed by atoms with Crippen LogP contribution in [0.25, 0.3) is 0 Å². The second-order valence-corrected chi connectivity index (χ2v) is 9.89. The summed E-state index contributed by atoms with van der Waals surface area (Å²) in [7, 11) is 0. The maximum Gasteiger partial charge on any atom is 0.312 e. The van der Waals surface area contributed by atoms with Gasteiger partial charge in [-0.1, -0.05) is 68.9 Å². The summed E-state index contributed by atoms with van der Waals surface area (Å²) in [5.41, 5.74) is 1.08. The third-order valence-corrected chi connectivity index (χ3v) is 7.76. The van der Waals surface area contributed by atoms with E-state index in [2.05, 4.69) is 4.90 Å². The molecule has 3 atom stereocenters. The number of benzene rings is 1. The van der Waals surface area contributed by atoms with Crippen LogP contribution in [0.2, 0.25) is 0 Å². The lowest BCUT2D eigenvalue weighted by Gasteiger charge is -2.54. The fourth-order valence-electron chi connectivity index (χ4n) is 6.40. The Balaban J connectivity index is 1.51. The minimum atomic E-state index is -1.03. The average molecular weight is 427 g/mol. The van der Waals surface area contributed by atoms with Crippen molar-refractivity contribution in [2.45, 2.75) is 114 Å². The van der Waals surface area contributed by atoms with Gasteiger partial charge in [-0.05, 0) is 44.1 Å². The molecule has 1 aliphatic carbocycles. The number of carboxylic acids is 1. The van der Waals surface area contributed by atoms with Crippen LogP contribution in [0.3, 0.4) is 0 Å². The molecule has 3 aliphatic rings. The van der Waals surface area contributed by atoms with Crippen molar-refractivity contribution in [2.24, 2.45) is 0 Å². The molecule has 2 heterocycles. The molecule has 2 bridgehead atoms. The largest absolute Gasteiger partial charge is 0.481 e. The fourth-order valence-corrected chi connectivity index (χ4v) is 6.40. The van der Waals surface area contributed by atoms with Gasteiger partial charge in [0, 0.05) is 30.7 Å². The Labute approximate surface area is 186 Å². The predicted octanol–water partition coefficient (Wildman–Crippen LogP) is 4.99. The van der Waals surface area contributed by atoms with Crippen molar-refractivity contribution >= 4 is 11.9 Å². The van der Waals surface area contributed by atoms with Gasteiger partial charge in [0.15, 0.2) is 0 Å². The van der Waals surface area contributed by atoms with Crippen LogP contribution in [0.4, 0.5) is 0 Å². The fraction of sp³-hybridized carbons (Fsp3) is 0.692. The smallest absolute Gasteiger partial charge is 0.312 e. The molecule has 1 amide bonds. The summed E-state index contributed by atoms with van der Waals surface area (Å²) in [5, 5.41) is 9.26. The molecule has 0 radical (unpaired) electrons. The summed E-state index contributed by atoms with van der Waals surface area (Å²) in [4.78, 5) is 29.0. The quantitative estimate of drug-likeness (QED) is 0.651. The standard InChI is InChI=1S/C26H38N2O3/c29-25(18-26(30)31)27(19-20-10-5-4-6-11-20)24-16-22-14-9-15-23(17-24)28(22)21-12-7-2-1-3-8-13-21/h4-6,10-11,21-24H,1-3,7-9,12-19H2,(H,30,31)/t22-,23?,24?/m1/s1. The van der Waals surface area contributed by atoms with Gasteiger partial charge in [-0.3, -0.25) is 14.5 Å². The number of hydrogen-bond donors (Lipinski definition) is 1. The first kappa shape index (κ1) is 22.3. The van der Waals surface area contributed by atoms with Crippen LogP contribution in [0, 0.1) is 0 Å². The van der Waals surface area contributed by atoms with Gasteiger partial charge in [-0.25, -0.2) is 0 Å². The Bertz CT molecular complexity index is 715. The van der Waals surface area contributed by atoms with Gasteiger partial charge >= 0.3 is 5.97 Å². The molecule has 3 fully saturated rings. The number of fused-ring (bicyclic) bond motifs is 2. The Morgan fingerprint density at radius 2 is 1.42 bits per heavy atom. The number of rotatable bonds is 6. The topological polar surface area (TPSA) is 60.9 Å². The summed E-state index contributed by atoms with van der Waals surface area (Å²) >= 11 is 0. The molecular weight excluding hydrogens is 388 g/mol. The zero-order chi connectivity index (χ0) is 21.6. The SMILES string of the molecule is O=C(O)CC(=O)N(Cc1ccccc1)C1CC2CCC[C@H](C1)N2C1CCCCCCC1. The second kappa shape index (κ2) is 10.6. The van der Waals surface area contributed by atoms with E-state index in [1.807, 2.05) is 35.2 Å². The number of nitrogens with zero attached hydrogens (tertiary/aromatic N) is 2. The lowest BCUT2D eigenvalue weighted by atomic mass is 9.78. The van der Waals surface area contributed by atoms with Crippen molar-refractivity contribution in [2.75, 3.05) is 0 Å². The van der Waals surface area contributed by atoms with Crippen LogP contribution in [-0.4, -0.2) is 51.0 Å². The first-order valence-corrected chi connectivity index (χ1v) is 12.4. The number of carbonyl (C=O) groups is 2. The molecule has 1 saturated carbocycles. The highest BCUT2D eigenvalue weighted by atomic mass is 16.4. The van der Waals surface area contributed by atoms with E-state index >= 15 is 0 Å². The minimum Gasteiger partial charge on any atom is -0.481 e. The Morgan fingerprint density at radius 3 is 2.03 bits per heavy atom. The van der Waals surface area contributed by atoms with Gasteiger partial charge in [0.25, 0.3) is 0 Å². The van der Waals surface area contributed by atoms with Crippen LogP contribution in [-0.2, 0) is 16.1 Å². The number of aliphatic carboxylic acids is 1. The van der Waals surface area contributed by atoms with E-state index < -0.39 is 12.4 Å². The normalized spacial score (nSPS) is 27.8. The molecule has 31 heavy (non-hydrogen) atoms. The molecule has 2 aliphatic heterocycles. The van der Waals surface area contributed by atoms with E-state index in [4.69, 9.17) is 0 Å². The van der Waals surface area contributed by atoms with Gasteiger partial charge in [-0.15, -0.1) is 0 Å². The highest BCUT2D eigenvalue weighted by Gasteiger charge is 2.43. The van der Waals surface area contributed by atoms with Crippen molar-refractivity contribution in [1.82, 2.24) is 9.80 Å². The number of carboxylic acid groups (broad SMARTS) is 1. The molecule has 1 aromatic carbocycles. The summed E-state index contributed by atoms with van der Waals surface area (Å²) in [6.07, 6.45) is 14.8. The molecule has 1 N–H and O–H groups in total. The molecule has 170 valence electrons. The first-order chi connectivity index (χ1) is 15.1. The zero-order valence-corrected chi connectivity index (χ0v) is 18.8. The van der Waals surface area contributed by atoms with Crippen LogP contribution in [0.5, 0.6) is 0 Å². The van der Waals surface area contributed by atoms with Gasteiger partial charge < -0.3 is 10.0 Å². The van der Waals surface area contributed by atoms with Crippen molar-refractivity contribution in [3.8, 4) is 0 Å². The lowest BCUT2D eigenvalue weighted by Crippen LogP contribution is -2.60. The average Bonchev–Trinajstić information content (AvgIpc) is 2.71. The molecule has 5 nitrogen and oxygen atoms in total. The van der Waals surface area contributed by atoms with Crippen molar-refractivity contribution in [3.05, 3.63) is 35.9 Å². The monoisotopic (exact) mass is 426 g/mol. The second-order valence-electron chi connectivity index (χ2n) is 9.89. The van der Waals surface area contributed by atoms with E-state index in [1.54, 1.807) is 0 Å². The van der Waals surface area contributed by atoms with Crippen LogP contribution in [0.1, 0.15) is 89.0 Å². The van der Waals surface area contributed by atoms with Gasteiger partial charge in [0.2, 0.25) is 5.91 Å². The van der Waals surface area contributed by atoms with Crippen molar-refractivity contribution in [1.29, 1.82) is 0 Å². The van der Waals surface area contributed by atoms with Crippen LogP contribution < -0.4 is 0 Å². The van der Waals surface area contributed by atoms with Crippen molar-refractivity contribution in [3.63, 3.8) is 0 Å². The molecule has 5 heteroatoms. The van der Waals surface area contributed by atoms with Crippen LogP contribution in [0.15, 0.2) is 30.3 Å². The summed E-state index contributed by atoms with van der Waals surface area (Å²) < 4.78 is 0. The van der Waals surface area contributed by atoms with E-state index in [-0.39, 0.29) is 11.9 Å². The Kier molecular flexibility index (Phi) is 7.65. The minimum absolute atomic E-state index is 0.146. The maximum atomic E-state index is 13.0. The number of piperidine rings is 2. The van der Waals surface area contributed by atoms with Gasteiger partial charge in [-0.2, -0.15) is 0 Å². The van der Waals surface area contributed by atoms with Gasteiger partial charge in [0.05, 0.1) is 0 Å². The van der Waals surface area contributed by atoms with E-state index in [9.17, 15) is 14.7 Å². The predicted molar refractivity (Wildman–Crippen MR) is 122 cm³/mol. The zero-order valence-electron chi connectivity index (χ0n) is 18.8. The first-order valence-electron chi connectivity index (χ1n) is 12.4. The summed E-state index contributed by atoms with van der Waals surface area (Å²) in [6, 6.07) is 11.9. The molecule has 2 saturated heterocycles. The number of amides is 1. The summed E-state index contributed by atoms with van der Waals surface area (Å²) in [5.74, 6) is -1.27. The molecule has 2 unspecified atom stereocenters. The van der Waals surface area contributed by atoms with E-state index in [1.165, 1.54) is 64.2 Å². The van der Waals surface area contributed by atoms with Gasteiger partial charge in [0.1, 0.15) is 6.42 Å². The Morgan fingerprint density at radius 1 is 0.839 bits per heavy atom. The van der Waals surface area contributed by atoms with Crippen LogP contribution >= 0.6 is 0 Å². The lowest BCUT2D eigenvalue weighted by molar-refractivity contribution is -0.147. The molecule has 0 spiro atoms. The van der Waals surface area contributed by atoms with Crippen molar-refractivity contribution < 1.29 is 14.7 Å². The van der Waals surface area contributed by atoms with E-state index in [0.717, 1.165) is 18.4 Å².